The molecule has 1 heterocycles. The number of nitrogens with one attached hydrogen (secondary N) is 1. The molecule has 1 aromatic carbocycles. The van der Waals surface area contributed by atoms with Crippen molar-refractivity contribution in [2.24, 2.45) is 0 Å². The SMILES string of the molecule is Cc1nc(-c2ccc(C#N)cc2)n[nH]1. The summed E-state index contributed by atoms with van der Waals surface area (Å²) in [6.45, 7) is 1.85. The number of nitriles is 1. The highest BCUT2D eigenvalue weighted by molar-refractivity contribution is 5.55. The number of hydrogen-bond acceptors (Lipinski definition) is 3. The lowest BCUT2D eigenvalue weighted by Crippen LogP contribution is -1.81. The Morgan fingerprint density at radius 2 is 2.00 bits per heavy atom. The van der Waals surface area contributed by atoms with Gasteiger partial charge in [0, 0.05) is 5.56 Å². The topological polar surface area (TPSA) is 65.4 Å². The number of H-pyrrole nitrogens is 1. The fraction of sp³-hybridized carbons (Fsp3) is 0.100. The first-order chi connectivity index (χ1) is 6.79. The summed E-state index contributed by atoms with van der Waals surface area (Å²) in [4.78, 5) is 4.19. The summed E-state index contributed by atoms with van der Waals surface area (Å²) in [6, 6.07) is 9.23. The van der Waals surface area contributed by atoms with Crippen molar-refractivity contribution in [3.05, 3.63) is 35.7 Å². The molecule has 4 heteroatoms. The van der Waals surface area contributed by atoms with Gasteiger partial charge in [0.25, 0.3) is 0 Å². The van der Waals surface area contributed by atoms with Gasteiger partial charge in [-0.1, -0.05) is 0 Å². The number of nitrogens with zero attached hydrogens (tertiary/aromatic N) is 3. The zero-order valence-electron chi connectivity index (χ0n) is 7.65. The Labute approximate surface area is 81.2 Å². The highest BCUT2D eigenvalue weighted by Gasteiger charge is 2.02. The van der Waals surface area contributed by atoms with Crippen LogP contribution >= 0.6 is 0 Å². The lowest BCUT2D eigenvalue weighted by Gasteiger charge is -1.93. The molecule has 0 amide bonds. The second-order valence-electron chi connectivity index (χ2n) is 2.93. The van der Waals surface area contributed by atoms with Gasteiger partial charge in [0.15, 0.2) is 5.82 Å². The maximum absolute atomic E-state index is 8.62. The van der Waals surface area contributed by atoms with Crippen LogP contribution in [0.1, 0.15) is 11.4 Å². The third-order valence-electron chi connectivity index (χ3n) is 1.87. The molecule has 1 aromatic heterocycles. The minimum atomic E-state index is 0.640. The Hall–Kier alpha value is -2.15. The van der Waals surface area contributed by atoms with Gasteiger partial charge in [0.05, 0.1) is 11.6 Å². The molecule has 0 aliphatic heterocycles. The van der Waals surface area contributed by atoms with Crippen LogP contribution in [0.4, 0.5) is 0 Å². The van der Waals surface area contributed by atoms with Gasteiger partial charge in [-0.05, 0) is 31.2 Å². The molecule has 0 saturated heterocycles. The fourth-order valence-corrected chi connectivity index (χ4v) is 1.17. The average Bonchev–Trinajstić information content (AvgIpc) is 2.65. The van der Waals surface area contributed by atoms with Crippen LogP contribution in [0.3, 0.4) is 0 Å². The third-order valence-corrected chi connectivity index (χ3v) is 1.87. The Morgan fingerprint density at radius 1 is 1.29 bits per heavy atom. The first-order valence-corrected chi connectivity index (χ1v) is 4.19. The zero-order chi connectivity index (χ0) is 9.97. The van der Waals surface area contributed by atoms with Crippen LogP contribution in [0.5, 0.6) is 0 Å². The second-order valence-corrected chi connectivity index (χ2v) is 2.93. The molecule has 0 atom stereocenters. The first-order valence-electron chi connectivity index (χ1n) is 4.19. The predicted octanol–water partition coefficient (Wildman–Crippen LogP) is 1.65. The molecule has 4 nitrogen and oxygen atoms in total. The van der Waals surface area contributed by atoms with Crippen LogP contribution in [0.25, 0.3) is 11.4 Å². The van der Waals surface area contributed by atoms with Crippen LogP contribution in [0.15, 0.2) is 24.3 Å². The molecule has 0 radical (unpaired) electrons. The maximum Gasteiger partial charge on any atom is 0.181 e. The van der Waals surface area contributed by atoms with Gasteiger partial charge in [-0.3, -0.25) is 5.10 Å². The molecule has 14 heavy (non-hydrogen) atoms. The molecule has 2 aromatic rings. The Bertz CT molecular complexity index is 476. The van der Waals surface area contributed by atoms with Crippen molar-refractivity contribution in [1.29, 1.82) is 5.26 Å². The molecule has 1 N–H and O–H groups in total. The van der Waals surface area contributed by atoms with Crippen molar-refractivity contribution in [2.75, 3.05) is 0 Å². The minimum absolute atomic E-state index is 0.640. The number of aryl methyl sites for hydroxylation is 1. The molecule has 0 aliphatic rings. The average molecular weight is 184 g/mol. The largest absolute Gasteiger partial charge is 0.263 e. The summed E-state index contributed by atoms with van der Waals surface area (Å²) >= 11 is 0. The van der Waals surface area contributed by atoms with Crippen molar-refractivity contribution >= 4 is 0 Å². The Morgan fingerprint density at radius 3 is 2.50 bits per heavy atom. The lowest BCUT2D eigenvalue weighted by molar-refractivity contribution is 1.04. The molecule has 0 bridgehead atoms. The summed E-state index contributed by atoms with van der Waals surface area (Å²) in [5, 5.41) is 15.4. The van der Waals surface area contributed by atoms with Crippen molar-refractivity contribution in [1.82, 2.24) is 15.2 Å². The van der Waals surface area contributed by atoms with Gasteiger partial charge in [0.2, 0.25) is 0 Å². The van der Waals surface area contributed by atoms with E-state index in [2.05, 4.69) is 21.3 Å². The summed E-state index contributed by atoms with van der Waals surface area (Å²) in [5.74, 6) is 1.44. The summed E-state index contributed by atoms with van der Waals surface area (Å²) in [6.07, 6.45) is 0. The lowest BCUT2D eigenvalue weighted by atomic mass is 10.1. The van der Waals surface area contributed by atoms with Gasteiger partial charge in [0.1, 0.15) is 5.82 Å². The van der Waals surface area contributed by atoms with E-state index < -0.39 is 0 Å². The fourth-order valence-electron chi connectivity index (χ4n) is 1.17. The van der Waals surface area contributed by atoms with Crippen molar-refractivity contribution in [3.8, 4) is 17.5 Å². The highest BCUT2D eigenvalue weighted by atomic mass is 15.2. The molecule has 0 spiro atoms. The van der Waals surface area contributed by atoms with E-state index in [9.17, 15) is 0 Å². The first kappa shape index (κ1) is 8.45. The van der Waals surface area contributed by atoms with Crippen LogP contribution in [0.2, 0.25) is 0 Å². The number of aromatic amines is 1. The van der Waals surface area contributed by atoms with E-state index in [1.807, 2.05) is 19.1 Å². The van der Waals surface area contributed by atoms with Gasteiger partial charge in [-0.2, -0.15) is 10.4 Å². The molecule has 0 fully saturated rings. The quantitative estimate of drug-likeness (QED) is 0.732. The van der Waals surface area contributed by atoms with Crippen LogP contribution in [-0.2, 0) is 0 Å². The van der Waals surface area contributed by atoms with Crippen molar-refractivity contribution in [2.45, 2.75) is 6.92 Å². The Kier molecular flexibility index (Phi) is 1.99. The van der Waals surface area contributed by atoms with Crippen molar-refractivity contribution < 1.29 is 0 Å². The second kappa shape index (κ2) is 3.30. The van der Waals surface area contributed by atoms with Crippen molar-refractivity contribution in [3.63, 3.8) is 0 Å². The van der Waals surface area contributed by atoms with Gasteiger partial charge in [-0.25, -0.2) is 4.98 Å². The maximum atomic E-state index is 8.62. The van der Waals surface area contributed by atoms with E-state index >= 15 is 0 Å². The monoisotopic (exact) mass is 184 g/mol. The minimum Gasteiger partial charge on any atom is -0.263 e. The predicted molar refractivity (Wildman–Crippen MR) is 51.3 cm³/mol. The third kappa shape index (κ3) is 1.48. The molecule has 0 aliphatic carbocycles. The molecule has 2 rings (SSSR count). The van der Waals surface area contributed by atoms with Gasteiger partial charge < -0.3 is 0 Å². The van der Waals surface area contributed by atoms with E-state index in [0.29, 0.717) is 11.4 Å². The van der Waals surface area contributed by atoms with Gasteiger partial charge in [-0.15, -0.1) is 0 Å². The number of hydrogen-bond donors (Lipinski definition) is 1. The Balaban J connectivity index is 2.39. The number of aromatic nitrogens is 3. The summed E-state index contributed by atoms with van der Waals surface area (Å²) in [5.41, 5.74) is 1.55. The normalized spacial score (nSPS) is 9.71. The highest BCUT2D eigenvalue weighted by Crippen LogP contribution is 2.14. The standard InChI is InChI=1S/C10H8N4/c1-7-12-10(14-13-7)9-4-2-8(6-11)3-5-9/h2-5H,1H3,(H,12,13,14). The molecular weight excluding hydrogens is 176 g/mol. The van der Waals surface area contributed by atoms with Crippen LogP contribution in [0, 0.1) is 18.3 Å². The van der Waals surface area contributed by atoms with E-state index in [1.165, 1.54) is 0 Å². The van der Waals surface area contributed by atoms with E-state index in [1.54, 1.807) is 12.1 Å². The van der Waals surface area contributed by atoms with Gasteiger partial charge >= 0.3 is 0 Å². The molecule has 68 valence electrons. The molecule has 0 unspecified atom stereocenters. The summed E-state index contributed by atoms with van der Waals surface area (Å²) < 4.78 is 0. The summed E-state index contributed by atoms with van der Waals surface area (Å²) in [7, 11) is 0. The van der Waals surface area contributed by atoms with Crippen LogP contribution < -0.4 is 0 Å². The van der Waals surface area contributed by atoms with E-state index in [-0.39, 0.29) is 0 Å². The molecular formula is C10H8N4. The zero-order valence-corrected chi connectivity index (χ0v) is 7.65. The van der Waals surface area contributed by atoms with E-state index in [4.69, 9.17) is 5.26 Å². The van der Waals surface area contributed by atoms with E-state index in [0.717, 1.165) is 11.4 Å². The number of rotatable bonds is 1. The smallest absolute Gasteiger partial charge is 0.181 e. The molecule has 0 saturated carbocycles. The number of benzene rings is 1. The van der Waals surface area contributed by atoms with Crippen LogP contribution in [-0.4, -0.2) is 15.2 Å².